The highest BCUT2D eigenvalue weighted by molar-refractivity contribution is 5.36. The Labute approximate surface area is 140 Å². The lowest BCUT2D eigenvalue weighted by molar-refractivity contribution is -0.0171. The summed E-state index contributed by atoms with van der Waals surface area (Å²) in [6, 6.07) is 21.1. The van der Waals surface area contributed by atoms with Gasteiger partial charge in [0.2, 0.25) is 0 Å². The van der Waals surface area contributed by atoms with E-state index < -0.39 is 5.60 Å². The molecule has 2 aromatic rings. The van der Waals surface area contributed by atoms with Crippen LogP contribution >= 0.6 is 0 Å². The molecule has 2 aromatic carbocycles. The monoisotopic (exact) mass is 309 g/mol. The van der Waals surface area contributed by atoms with Crippen molar-refractivity contribution >= 4 is 0 Å². The van der Waals surface area contributed by atoms with Gasteiger partial charge in [-0.25, -0.2) is 0 Å². The summed E-state index contributed by atoms with van der Waals surface area (Å²) < 4.78 is 6.35. The molecule has 1 N–H and O–H groups in total. The summed E-state index contributed by atoms with van der Waals surface area (Å²) in [5.41, 5.74) is 2.02. The maximum Gasteiger partial charge on any atom is 0.119 e. The zero-order chi connectivity index (χ0) is 16.4. The van der Waals surface area contributed by atoms with Crippen molar-refractivity contribution in [3.05, 3.63) is 83.9 Å². The molecule has 23 heavy (non-hydrogen) atoms. The number of hydrogen-bond donors (Lipinski definition) is 1. The number of nitrogens with one attached hydrogen (secondary N) is 1. The minimum Gasteiger partial charge on any atom is -0.366 e. The summed E-state index contributed by atoms with van der Waals surface area (Å²) in [5.74, 6) is 0. The van der Waals surface area contributed by atoms with Crippen LogP contribution in [0.2, 0.25) is 0 Å². The second kappa shape index (κ2) is 9.29. The molecule has 0 heterocycles. The molecule has 0 bridgehead atoms. The summed E-state index contributed by atoms with van der Waals surface area (Å²) in [4.78, 5) is 0. The van der Waals surface area contributed by atoms with E-state index in [0.29, 0.717) is 6.61 Å². The van der Waals surface area contributed by atoms with Crippen LogP contribution < -0.4 is 5.32 Å². The van der Waals surface area contributed by atoms with Crippen LogP contribution in [-0.2, 0) is 10.3 Å². The summed E-state index contributed by atoms with van der Waals surface area (Å²) in [7, 11) is 0. The molecule has 0 saturated heterocycles. The Bertz CT molecular complexity index is 538. The lowest BCUT2D eigenvalue weighted by atomic mass is 9.83. The van der Waals surface area contributed by atoms with Crippen molar-refractivity contribution in [3.8, 4) is 0 Å². The molecule has 0 atom stereocenters. The molecule has 2 heteroatoms. The van der Waals surface area contributed by atoms with E-state index in [1.165, 1.54) is 11.1 Å². The normalized spacial score (nSPS) is 11.9. The van der Waals surface area contributed by atoms with Crippen molar-refractivity contribution in [2.75, 3.05) is 19.7 Å². The average Bonchev–Trinajstić information content (AvgIpc) is 2.62. The van der Waals surface area contributed by atoms with Gasteiger partial charge in [0.05, 0.1) is 0 Å². The highest BCUT2D eigenvalue weighted by atomic mass is 16.5. The van der Waals surface area contributed by atoms with Gasteiger partial charge in [-0.1, -0.05) is 72.8 Å². The quantitative estimate of drug-likeness (QED) is 0.543. The fourth-order valence-corrected chi connectivity index (χ4v) is 2.92. The number of benzene rings is 2. The minimum atomic E-state index is -0.403. The predicted octanol–water partition coefficient (Wildman–Crippen LogP) is 4.52. The van der Waals surface area contributed by atoms with Crippen molar-refractivity contribution in [2.45, 2.75) is 25.9 Å². The lowest BCUT2D eigenvalue weighted by Gasteiger charge is -2.35. The number of allylic oxidation sites excluding steroid dienone is 1. The fraction of sp³-hybridized carbons (Fsp3) is 0.333. The number of hydrogen-bond acceptors (Lipinski definition) is 2. The first-order chi connectivity index (χ1) is 11.3. The van der Waals surface area contributed by atoms with Gasteiger partial charge in [0.1, 0.15) is 5.60 Å². The van der Waals surface area contributed by atoms with Crippen LogP contribution in [0.4, 0.5) is 0 Å². The van der Waals surface area contributed by atoms with Crippen LogP contribution in [0.3, 0.4) is 0 Å². The third-order valence-electron chi connectivity index (χ3n) is 4.02. The third-order valence-corrected chi connectivity index (χ3v) is 4.02. The maximum absolute atomic E-state index is 6.35. The number of ether oxygens (including phenoxy) is 1. The Morgan fingerprint density at radius 2 is 1.52 bits per heavy atom. The Kier molecular flexibility index (Phi) is 7.05. The van der Waals surface area contributed by atoms with Gasteiger partial charge in [0.15, 0.2) is 0 Å². The molecule has 0 radical (unpaired) electrons. The topological polar surface area (TPSA) is 21.3 Å². The molecule has 0 unspecified atom stereocenters. The Balaban J connectivity index is 2.31. The summed E-state index contributed by atoms with van der Waals surface area (Å²) in [6.07, 6.45) is 5.09. The summed E-state index contributed by atoms with van der Waals surface area (Å²) in [5, 5.41) is 3.47. The first kappa shape index (κ1) is 17.5. The van der Waals surface area contributed by atoms with Gasteiger partial charge in [-0.05, 0) is 37.9 Å². The van der Waals surface area contributed by atoms with Crippen molar-refractivity contribution in [1.29, 1.82) is 0 Å². The molecule has 122 valence electrons. The first-order valence-electron chi connectivity index (χ1n) is 8.40. The fourth-order valence-electron chi connectivity index (χ4n) is 2.92. The van der Waals surface area contributed by atoms with Gasteiger partial charge in [-0.2, -0.15) is 0 Å². The molecule has 0 amide bonds. The van der Waals surface area contributed by atoms with Crippen LogP contribution in [0.1, 0.15) is 31.4 Å². The van der Waals surface area contributed by atoms with E-state index >= 15 is 0 Å². The average molecular weight is 309 g/mol. The van der Waals surface area contributed by atoms with E-state index in [1.54, 1.807) is 0 Å². The molecule has 0 aliphatic rings. The second-order valence-corrected chi connectivity index (χ2v) is 5.52. The van der Waals surface area contributed by atoms with Crippen molar-refractivity contribution in [3.63, 3.8) is 0 Å². The Hall–Kier alpha value is -1.90. The molecule has 2 rings (SSSR count). The van der Waals surface area contributed by atoms with E-state index in [9.17, 15) is 0 Å². The lowest BCUT2D eigenvalue weighted by Crippen LogP contribution is -2.35. The van der Waals surface area contributed by atoms with E-state index in [4.69, 9.17) is 4.74 Å². The zero-order valence-corrected chi connectivity index (χ0v) is 14.2. The molecule has 0 fully saturated rings. The highest BCUT2D eigenvalue weighted by Crippen LogP contribution is 2.36. The Morgan fingerprint density at radius 3 is 2.00 bits per heavy atom. The molecule has 2 nitrogen and oxygen atoms in total. The third kappa shape index (κ3) is 4.54. The van der Waals surface area contributed by atoms with Gasteiger partial charge in [0, 0.05) is 13.2 Å². The van der Waals surface area contributed by atoms with E-state index in [2.05, 4.69) is 85.1 Å². The zero-order valence-electron chi connectivity index (χ0n) is 14.2. The van der Waals surface area contributed by atoms with Gasteiger partial charge < -0.3 is 10.1 Å². The summed E-state index contributed by atoms with van der Waals surface area (Å²) in [6.45, 7) is 6.57. The minimum absolute atomic E-state index is 0.403. The van der Waals surface area contributed by atoms with Gasteiger partial charge in [-0.3, -0.25) is 0 Å². The molecule has 0 aliphatic heterocycles. The van der Waals surface area contributed by atoms with Crippen molar-refractivity contribution < 1.29 is 4.74 Å². The van der Waals surface area contributed by atoms with E-state index in [-0.39, 0.29) is 0 Å². The van der Waals surface area contributed by atoms with E-state index in [0.717, 1.165) is 19.5 Å². The standard InChI is InChI=1S/C21H27NO/c1-3-5-17-22-18-16-21(23-4-2,19-12-8-6-9-13-19)20-14-10-7-11-15-20/h3,5-15,22H,4,16-18H2,1-2H3/b5-3+. The maximum atomic E-state index is 6.35. The van der Waals surface area contributed by atoms with Crippen molar-refractivity contribution in [2.24, 2.45) is 0 Å². The molecular formula is C21H27NO. The number of rotatable bonds is 9. The van der Waals surface area contributed by atoms with E-state index in [1.807, 2.05) is 6.92 Å². The summed E-state index contributed by atoms with van der Waals surface area (Å²) >= 11 is 0. The smallest absolute Gasteiger partial charge is 0.119 e. The molecule has 0 saturated carbocycles. The van der Waals surface area contributed by atoms with Crippen LogP contribution in [0, 0.1) is 0 Å². The molecule has 0 aromatic heterocycles. The van der Waals surface area contributed by atoms with Gasteiger partial charge >= 0.3 is 0 Å². The first-order valence-corrected chi connectivity index (χ1v) is 8.40. The van der Waals surface area contributed by atoms with Crippen LogP contribution in [0.25, 0.3) is 0 Å². The highest BCUT2D eigenvalue weighted by Gasteiger charge is 2.34. The van der Waals surface area contributed by atoms with Crippen molar-refractivity contribution in [1.82, 2.24) is 5.32 Å². The van der Waals surface area contributed by atoms with Gasteiger partial charge in [-0.15, -0.1) is 0 Å². The van der Waals surface area contributed by atoms with Crippen LogP contribution in [0.15, 0.2) is 72.8 Å². The van der Waals surface area contributed by atoms with Crippen LogP contribution in [0.5, 0.6) is 0 Å². The second-order valence-electron chi connectivity index (χ2n) is 5.52. The van der Waals surface area contributed by atoms with Crippen LogP contribution in [-0.4, -0.2) is 19.7 Å². The largest absolute Gasteiger partial charge is 0.366 e. The van der Waals surface area contributed by atoms with Gasteiger partial charge in [0.25, 0.3) is 0 Å². The Morgan fingerprint density at radius 1 is 0.957 bits per heavy atom. The molecule has 0 aliphatic carbocycles. The predicted molar refractivity (Wildman–Crippen MR) is 97.6 cm³/mol. The molecular weight excluding hydrogens is 282 g/mol. The SMILES string of the molecule is C/C=C/CNCCC(OCC)(c1ccccc1)c1ccccc1. The molecule has 0 spiro atoms.